The summed E-state index contributed by atoms with van der Waals surface area (Å²) in [5.74, 6) is -0.128. The summed E-state index contributed by atoms with van der Waals surface area (Å²) in [6.45, 7) is 4.04. The monoisotopic (exact) mass is 261 g/mol. The van der Waals surface area contributed by atoms with Crippen LogP contribution in [0.25, 0.3) is 0 Å². The molecule has 102 valence electrons. The molecule has 0 radical (unpaired) electrons. The van der Waals surface area contributed by atoms with Crippen molar-refractivity contribution in [3.63, 3.8) is 0 Å². The first-order chi connectivity index (χ1) is 9.04. The van der Waals surface area contributed by atoms with Gasteiger partial charge in [-0.05, 0) is 18.9 Å². The molecule has 2 rings (SSSR count). The summed E-state index contributed by atoms with van der Waals surface area (Å²) < 4.78 is 0. The van der Waals surface area contributed by atoms with Crippen LogP contribution < -0.4 is 0 Å². The summed E-state index contributed by atoms with van der Waals surface area (Å²) >= 11 is 0. The van der Waals surface area contributed by atoms with Crippen LogP contribution in [0.15, 0.2) is 24.3 Å². The van der Waals surface area contributed by atoms with Gasteiger partial charge < -0.3 is 5.11 Å². The second-order valence-electron chi connectivity index (χ2n) is 5.08. The van der Waals surface area contributed by atoms with Crippen LogP contribution in [0.2, 0.25) is 0 Å². The second kappa shape index (κ2) is 5.03. The molecule has 0 aromatic heterocycles. The van der Waals surface area contributed by atoms with Gasteiger partial charge in [0.15, 0.2) is 0 Å². The molecule has 4 nitrogen and oxygen atoms in total. The van der Waals surface area contributed by atoms with Gasteiger partial charge in [-0.3, -0.25) is 14.5 Å². The van der Waals surface area contributed by atoms with Crippen LogP contribution >= 0.6 is 0 Å². The lowest BCUT2D eigenvalue weighted by Gasteiger charge is -2.23. The maximum atomic E-state index is 12.4. The normalized spacial score (nSPS) is 18.1. The van der Waals surface area contributed by atoms with E-state index in [0.29, 0.717) is 18.4 Å². The number of phenolic OH excluding ortho intramolecular Hbond substituents is 1. The molecule has 0 aliphatic carbocycles. The Hall–Kier alpha value is -1.84. The first-order valence-corrected chi connectivity index (χ1v) is 6.65. The van der Waals surface area contributed by atoms with Crippen LogP contribution in [0.4, 0.5) is 0 Å². The molecular formula is C15H19NO3. The summed E-state index contributed by atoms with van der Waals surface area (Å²) in [5.41, 5.74) is 0.0637. The Bertz CT molecular complexity index is 506. The first-order valence-electron chi connectivity index (χ1n) is 6.65. The highest BCUT2D eigenvalue weighted by molar-refractivity contribution is 6.05. The van der Waals surface area contributed by atoms with Crippen molar-refractivity contribution >= 4 is 11.8 Å². The van der Waals surface area contributed by atoms with Crippen LogP contribution in [0.1, 0.15) is 38.7 Å². The summed E-state index contributed by atoms with van der Waals surface area (Å²) in [4.78, 5) is 25.8. The first kappa shape index (κ1) is 13.6. The van der Waals surface area contributed by atoms with Gasteiger partial charge in [-0.1, -0.05) is 32.0 Å². The van der Waals surface area contributed by atoms with Gasteiger partial charge in [-0.25, -0.2) is 0 Å². The van der Waals surface area contributed by atoms with E-state index in [0.717, 1.165) is 0 Å². The molecule has 1 aliphatic heterocycles. The summed E-state index contributed by atoms with van der Waals surface area (Å²) in [6.07, 6.45) is 1.63. The third kappa shape index (κ3) is 2.23. The molecule has 0 unspecified atom stereocenters. The fourth-order valence-corrected chi connectivity index (χ4v) is 2.64. The number of benzene rings is 1. The van der Waals surface area contributed by atoms with Gasteiger partial charge in [-0.15, -0.1) is 0 Å². The number of carbonyl (C=O) groups excluding carboxylic acids is 2. The molecule has 1 N–H and O–H groups in total. The van der Waals surface area contributed by atoms with Crippen molar-refractivity contribution in [3.05, 3.63) is 29.8 Å². The van der Waals surface area contributed by atoms with Gasteiger partial charge in [0.1, 0.15) is 5.75 Å². The zero-order valence-electron chi connectivity index (χ0n) is 11.3. The van der Waals surface area contributed by atoms with E-state index in [1.54, 1.807) is 24.3 Å². The molecule has 1 heterocycles. The quantitative estimate of drug-likeness (QED) is 0.847. The van der Waals surface area contributed by atoms with Crippen molar-refractivity contribution in [2.75, 3.05) is 0 Å². The van der Waals surface area contributed by atoms with Gasteiger partial charge in [-0.2, -0.15) is 0 Å². The fraction of sp³-hybridized carbons (Fsp3) is 0.467. The number of amides is 2. The van der Waals surface area contributed by atoms with Crippen LogP contribution in [0.3, 0.4) is 0 Å². The molecule has 1 saturated heterocycles. The number of aromatic hydroxyl groups is 1. The molecule has 0 spiro atoms. The minimum atomic E-state index is -0.540. The highest BCUT2D eigenvalue weighted by atomic mass is 16.3. The molecule has 1 fully saturated rings. The van der Waals surface area contributed by atoms with Crippen LogP contribution in [0.5, 0.6) is 5.75 Å². The lowest BCUT2D eigenvalue weighted by Crippen LogP contribution is -2.34. The number of phenols is 1. The summed E-state index contributed by atoms with van der Waals surface area (Å²) in [6, 6.07) is 6.79. The van der Waals surface area contributed by atoms with E-state index in [1.165, 1.54) is 4.90 Å². The lowest BCUT2D eigenvalue weighted by molar-refractivity contribution is -0.142. The summed E-state index contributed by atoms with van der Waals surface area (Å²) in [7, 11) is 0. The van der Waals surface area contributed by atoms with Crippen molar-refractivity contribution in [3.8, 4) is 5.75 Å². The smallest absolute Gasteiger partial charge is 0.236 e. The Kier molecular flexibility index (Phi) is 3.60. The zero-order chi connectivity index (χ0) is 14.0. The molecule has 19 heavy (non-hydrogen) atoms. The maximum Gasteiger partial charge on any atom is 0.236 e. The Morgan fingerprint density at radius 1 is 1.21 bits per heavy atom. The highest BCUT2D eigenvalue weighted by Gasteiger charge is 2.48. The van der Waals surface area contributed by atoms with E-state index >= 15 is 0 Å². The van der Waals surface area contributed by atoms with Crippen molar-refractivity contribution in [2.24, 2.45) is 5.41 Å². The van der Waals surface area contributed by atoms with Crippen molar-refractivity contribution in [1.82, 2.24) is 4.90 Å². The third-order valence-corrected chi connectivity index (χ3v) is 4.16. The fourth-order valence-electron chi connectivity index (χ4n) is 2.64. The Morgan fingerprint density at radius 3 is 2.37 bits per heavy atom. The largest absolute Gasteiger partial charge is 0.508 e. The minimum absolute atomic E-state index is 0.106. The minimum Gasteiger partial charge on any atom is -0.508 e. The Labute approximate surface area is 113 Å². The molecule has 1 aromatic rings. The number of rotatable bonds is 4. The molecule has 0 atom stereocenters. The zero-order valence-corrected chi connectivity index (χ0v) is 11.3. The number of hydrogen-bond donors (Lipinski definition) is 1. The maximum absolute atomic E-state index is 12.4. The van der Waals surface area contributed by atoms with Crippen molar-refractivity contribution in [2.45, 2.75) is 39.7 Å². The van der Waals surface area contributed by atoms with Gasteiger partial charge in [0.25, 0.3) is 0 Å². The standard InChI is InChI=1S/C15H19NO3/c1-3-15(4-2)9-13(18)16(14(15)19)10-11-7-5-6-8-12(11)17/h5-8,17H,3-4,9-10H2,1-2H3. The Morgan fingerprint density at radius 2 is 1.84 bits per heavy atom. The average Bonchev–Trinajstić information content (AvgIpc) is 2.66. The van der Waals surface area contributed by atoms with Crippen molar-refractivity contribution < 1.29 is 14.7 Å². The SMILES string of the molecule is CCC1(CC)CC(=O)N(Cc2ccccc2O)C1=O. The molecular weight excluding hydrogens is 242 g/mol. The molecule has 2 amide bonds. The van der Waals surface area contributed by atoms with E-state index in [9.17, 15) is 14.7 Å². The molecule has 1 aromatic carbocycles. The lowest BCUT2D eigenvalue weighted by atomic mass is 9.81. The highest BCUT2D eigenvalue weighted by Crippen LogP contribution is 2.40. The van der Waals surface area contributed by atoms with Crippen molar-refractivity contribution in [1.29, 1.82) is 0 Å². The van der Waals surface area contributed by atoms with Gasteiger partial charge >= 0.3 is 0 Å². The number of likely N-dealkylation sites (tertiary alicyclic amines) is 1. The van der Waals surface area contributed by atoms with E-state index in [2.05, 4.69) is 0 Å². The average molecular weight is 261 g/mol. The second-order valence-corrected chi connectivity index (χ2v) is 5.08. The number of imide groups is 1. The van der Waals surface area contributed by atoms with E-state index in [-0.39, 0.29) is 30.5 Å². The predicted octanol–water partition coefficient (Wildman–Crippen LogP) is 2.46. The van der Waals surface area contributed by atoms with Gasteiger partial charge in [0.2, 0.25) is 11.8 Å². The Balaban J connectivity index is 2.25. The number of para-hydroxylation sites is 1. The van der Waals surface area contributed by atoms with Gasteiger partial charge in [0, 0.05) is 12.0 Å². The molecule has 0 saturated carbocycles. The number of nitrogens with zero attached hydrogens (tertiary/aromatic N) is 1. The molecule has 1 aliphatic rings. The van der Waals surface area contributed by atoms with Crippen LogP contribution in [0, 0.1) is 5.41 Å². The number of carbonyl (C=O) groups is 2. The van der Waals surface area contributed by atoms with Gasteiger partial charge in [0.05, 0.1) is 12.0 Å². The summed E-state index contributed by atoms with van der Waals surface area (Å²) in [5, 5.41) is 9.74. The van der Waals surface area contributed by atoms with E-state index < -0.39 is 5.41 Å². The molecule has 4 heteroatoms. The van der Waals surface area contributed by atoms with Crippen LogP contribution in [-0.4, -0.2) is 21.8 Å². The third-order valence-electron chi connectivity index (χ3n) is 4.16. The van der Waals surface area contributed by atoms with Crippen LogP contribution in [-0.2, 0) is 16.1 Å². The topological polar surface area (TPSA) is 57.6 Å². The molecule has 0 bridgehead atoms. The van der Waals surface area contributed by atoms with E-state index in [4.69, 9.17) is 0 Å². The number of hydrogen-bond acceptors (Lipinski definition) is 3. The van der Waals surface area contributed by atoms with E-state index in [1.807, 2.05) is 13.8 Å². The predicted molar refractivity (Wildman–Crippen MR) is 71.3 cm³/mol.